The quantitative estimate of drug-likeness (QED) is 0.939. The van der Waals surface area contributed by atoms with E-state index in [0.29, 0.717) is 11.3 Å². The van der Waals surface area contributed by atoms with E-state index in [2.05, 4.69) is 52.7 Å². The molecule has 4 nitrogen and oxygen atoms in total. The van der Waals surface area contributed by atoms with E-state index >= 15 is 0 Å². The van der Waals surface area contributed by atoms with Gasteiger partial charge in [-0.05, 0) is 18.6 Å². The molecule has 0 fully saturated rings. The van der Waals surface area contributed by atoms with Crippen LogP contribution in [-0.4, -0.2) is 27.5 Å². The maximum Gasteiger partial charge on any atom is 0.157 e. The number of thioether (sulfide) groups is 1. The van der Waals surface area contributed by atoms with Gasteiger partial charge >= 0.3 is 0 Å². The Morgan fingerprint density at radius 1 is 1.35 bits per heavy atom. The van der Waals surface area contributed by atoms with E-state index < -0.39 is 0 Å². The highest BCUT2D eigenvalue weighted by Gasteiger charge is 2.22. The third kappa shape index (κ3) is 3.22. The van der Waals surface area contributed by atoms with Gasteiger partial charge in [0.2, 0.25) is 0 Å². The SMILES string of the molecule is CC(Cn1cccn1)NC1=NCC(c2ccccc2)S1. The summed E-state index contributed by atoms with van der Waals surface area (Å²) in [4.78, 5) is 4.60. The van der Waals surface area contributed by atoms with Crippen LogP contribution in [0.5, 0.6) is 0 Å². The third-order valence-electron chi connectivity index (χ3n) is 3.22. The first-order valence-corrected chi connectivity index (χ1v) is 7.69. The molecule has 0 bridgehead atoms. The first-order valence-electron chi connectivity index (χ1n) is 6.81. The minimum Gasteiger partial charge on any atom is -0.361 e. The lowest BCUT2D eigenvalue weighted by atomic mass is 10.1. The van der Waals surface area contributed by atoms with Gasteiger partial charge in [0.15, 0.2) is 5.17 Å². The Morgan fingerprint density at radius 2 is 2.20 bits per heavy atom. The Balaban J connectivity index is 1.52. The normalized spacial score (nSPS) is 19.6. The summed E-state index contributed by atoms with van der Waals surface area (Å²) in [6, 6.07) is 12.8. The number of aliphatic imine (C=N–C) groups is 1. The van der Waals surface area contributed by atoms with Gasteiger partial charge in [-0.15, -0.1) is 0 Å². The van der Waals surface area contributed by atoms with Crippen LogP contribution >= 0.6 is 11.8 Å². The van der Waals surface area contributed by atoms with Crippen LogP contribution in [-0.2, 0) is 6.54 Å². The van der Waals surface area contributed by atoms with Gasteiger partial charge in [0.25, 0.3) is 0 Å². The highest BCUT2D eigenvalue weighted by molar-refractivity contribution is 8.14. The average molecular weight is 286 g/mol. The number of hydrogen-bond donors (Lipinski definition) is 1. The third-order valence-corrected chi connectivity index (χ3v) is 4.39. The van der Waals surface area contributed by atoms with Gasteiger partial charge in [-0.1, -0.05) is 42.1 Å². The number of aromatic nitrogens is 2. The molecule has 0 radical (unpaired) electrons. The zero-order valence-electron chi connectivity index (χ0n) is 11.4. The van der Waals surface area contributed by atoms with Gasteiger partial charge in [-0.3, -0.25) is 9.67 Å². The molecular formula is C15H18N4S. The van der Waals surface area contributed by atoms with E-state index in [-0.39, 0.29) is 0 Å². The summed E-state index contributed by atoms with van der Waals surface area (Å²) in [7, 11) is 0. The predicted octanol–water partition coefficient (Wildman–Crippen LogP) is 2.71. The molecule has 1 aliphatic heterocycles. The first-order chi connectivity index (χ1) is 9.81. The molecule has 104 valence electrons. The number of rotatable bonds is 4. The van der Waals surface area contributed by atoms with Gasteiger partial charge in [-0.25, -0.2) is 0 Å². The van der Waals surface area contributed by atoms with Crippen molar-refractivity contribution < 1.29 is 0 Å². The number of nitrogens with zero attached hydrogens (tertiary/aromatic N) is 3. The Labute approximate surface area is 123 Å². The second-order valence-electron chi connectivity index (χ2n) is 4.94. The molecule has 0 aliphatic carbocycles. The summed E-state index contributed by atoms with van der Waals surface area (Å²) in [5.41, 5.74) is 1.35. The van der Waals surface area contributed by atoms with Crippen LogP contribution in [0, 0.1) is 0 Å². The van der Waals surface area contributed by atoms with Crippen LogP contribution in [0.3, 0.4) is 0 Å². The second kappa shape index (κ2) is 6.13. The first kappa shape index (κ1) is 13.2. The monoisotopic (exact) mass is 286 g/mol. The Morgan fingerprint density at radius 3 is 2.95 bits per heavy atom. The Hall–Kier alpha value is -1.75. The topological polar surface area (TPSA) is 42.2 Å². The zero-order chi connectivity index (χ0) is 13.8. The zero-order valence-corrected chi connectivity index (χ0v) is 12.3. The summed E-state index contributed by atoms with van der Waals surface area (Å²) in [6.45, 7) is 3.86. The molecule has 0 amide bonds. The van der Waals surface area contributed by atoms with E-state index in [0.717, 1.165) is 18.3 Å². The molecule has 0 saturated heterocycles. The van der Waals surface area contributed by atoms with Crippen LogP contribution in [0.2, 0.25) is 0 Å². The molecule has 2 heterocycles. The van der Waals surface area contributed by atoms with E-state index in [1.54, 1.807) is 6.20 Å². The van der Waals surface area contributed by atoms with Crippen molar-refractivity contribution in [3.63, 3.8) is 0 Å². The lowest BCUT2D eigenvalue weighted by Crippen LogP contribution is -2.33. The van der Waals surface area contributed by atoms with Gasteiger partial charge in [0.1, 0.15) is 0 Å². The van der Waals surface area contributed by atoms with E-state index in [4.69, 9.17) is 0 Å². The van der Waals surface area contributed by atoms with Gasteiger partial charge in [0, 0.05) is 18.4 Å². The minimum absolute atomic E-state index is 0.315. The standard InChI is InChI=1S/C15H18N4S/c1-12(11-19-9-5-8-17-19)18-15-16-10-14(20-15)13-6-3-2-4-7-13/h2-9,12,14H,10-11H2,1H3,(H,16,18). The average Bonchev–Trinajstić information content (AvgIpc) is 3.11. The lowest BCUT2D eigenvalue weighted by Gasteiger charge is -2.15. The number of benzene rings is 1. The fraction of sp³-hybridized carbons (Fsp3) is 0.333. The molecule has 1 aromatic carbocycles. The maximum absolute atomic E-state index is 4.60. The van der Waals surface area contributed by atoms with Crippen molar-refractivity contribution >= 4 is 16.9 Å². The fourth-order valence-electron chi connectivity index (χ4n) is 2.24. The molecule has 2 unspecified atom stereocenters. The lowest BCUT2D eigenvalue weighted by molar-refractivity contribution is 0.508. The van der Waals surface area contributed by atoms with Crippen LogP contribution in [0.4, 0.5) is 0 Å². The summed E-state index contributed by atoms with van der Waals surface area (Å²) >= 11 is 1.81. The maximum atomic E-state index is 4.60. The molecule has 2 aromatic rings. The molecule has 1 N–H and O–H groups in total. The summed E-state index contributed by atoms with van der Waals surface area (Å²) in [5, 5.41) is 9.17. The van der Waals surface area contributed by atoms with Crippen molar-refractivity contribution in [2.75, 3.05) is 6.54 Å². The van der Waals surface area contributed by atoms with Crippen LogP contribution in [0.15, 0.2) is 53.8 Å². The summed E-state index contributed by atoms with van der Waals surface area (Å²) < 4.78 is 1.94. The molecule has 5 heteroatoms. The van der Waals surface area contributed by atoms with Crippen molar-refractivity contribution in [2.45, 2.75) is 24.8 Å². The number of hydrogen-bond acceptors (Lipinski definition) is 4. The van der Waals surface area contributed by atoms with Crippen LogP contribution in [0.1, 0.15) is 17.7 Å². The van der Waals surface area contributed by atoms with Crippen LogP contribution < -0.4 is 5.32 Å². The Bertz CT molecular complexity index is 565. The van der Waals surface area contributed by atoms with E-state index in [1.807, 2.05) is 28.7 Å². The highest BCUT2D eigenvalue weighted by Crippen LogP contribution is 2.34. The molecule has 0 spiro atoms. The van der Waals surface area contributed by atoms with Gasteiger partial charge in [0.05, 0.1) is 18.3 Å². The Kier molecular flexibility index (Phi) is 4.06. The van der Waals surface area contributed by atoms with Crippen molar-refractivity contribution in [1.29, 1.82) is 0 Å². The molecule has 0 saturated carbocycles. The van der Waals surface area contributed by atoms with Crippen molar-refractivity contribution in [3.8, 4) is 0 Å². The molecule has 2 atom stereocenters. The molecule has 1 aromatic heterocycles. The number of nitrogens with one attached hydrogen (secondary N) is 1. The molecule has 3 rings (SSSR count). The van der Waals surface area contributed by atoms with Crippen molar-refractivity contribution in [2.24, 2.45) is 4.99 Å². The summed E-state index contributed by atoms with van der Waals surface area (Å²) in [5.74, 6) is 0. The van der Waals surface area contributed by atoms with E-state index in [1.165, 1.54) is 5.56 Å². The smallest absolute Gasteiger partial charge is 0.157 e. The highest BCUT2D eigenvalue weighted by atomic mass is 32.2. The van der Waals surface area contributed by atoms with E-state index in [9.17, 15) is 0 Å². The molecular weight excluding hydrogens is 268 g/mol. The largest absolute Gasteiger partial charge is 0.361 e. The van der Waals surface area contributed by atoms with Crippen molar-refractivity contribution in [1.82, 2.24) is 15.1 Å². The molecule has 1 aliphatic rings. The fourth-order valence-corrected chi connectivity index (χ4v) is 3.37. The number of amidine groups is 1. The van der Waals surface area contributed by atoms with Gasteiger partial charge in [-0.2, -0.15) is 5.10 Å². The summed E-state index contributed by atoms with van der Waals surface area (Å²) in [6.07, 6.45) is 3.79. The van der Waals surface area contributed by atoms with Crippen molar-refractivity contribution in [3.05, 3.63) is 54.4 Å². The minimum atomic E-state index is 0.315. The predicted molar refractivity (Wildman–Crippen MR) is 83.9 cm³/mol. The second-order valence-corrected chi connectivity index (χ2v) is 6.13. The molecule has 20 heavy (non-hydrogen) atoms. The van der Waals surface area contributed by atoms with Crippen LogP contribution in [0.25, 0.3) is 0 Å². The van der Waals surface area contributed by atoms with Gasteiger partial charge < -0.3 is 5.32 Å².